The third-order valence-corrected chi connectivity index (χ3v) is 4.55. The van der Waals surface area contributed by atoms with Crippen molar-refractivity contribution in [2.24, 2.45) is 0 Å². The molecule has 0 aliphatic heterocycles. The molecule has 2 rings (SSSR count). The van der Waals surface area contributed by atoms with Gasteiger partial charge in [0.05, 0.1) is 22.3 Å². The summed E-state index contributed by atoms with van der Waals surface area (Å²) in [5.41, 5.74) is 1.06. The van der Waals surface area contributed by atoms with E-state index in [2.05, 4.69) is 25.9 Å². The first-order chi connectivity index (χ1) is 8.71. The highest BCUT2D eigenvalue weighted by Gasteiger charge is 2.19. The van der Waals surface area contributed by atoms with E-state index in [1.54, 1.807) is 12.1 Å². The molecule has 102 valence electrons. The van der Waals surface area contributed by atoms with Crippen LogP contribution in [0.5, 0.6) is 0 Å². The Bertz CT molecular complexity index is 682. The number of hydrogen-bond donors (Lipinski definition) is 0. The van der Waals surface area contributed by atoms with Crippen molar-refractivity contribution in [3.8, 4) is 0 Å². The van der Waals surface area contributed by atoms with Gasteiger partial charge in [-0.15, -0.1) is 0 Å². The van der Waals surface area contributed by atoms with E-state index in [4.69, 9.17) is 11.6 Å². The molecule has 2 aromatic rings. The zero-order chi connectivity index (χ0) is 14.3. The summed E-state index contributed by atoms with van der Waals surface area (Å²) in [5.74, 6) is 0. The fraction of sp³-hybridized carbons (Fsp3) is 0.308. The van der Waals surface area contributed by atoms with Gasteiger partial charge < -0.3 is 0 Å². The van der Waals surface area contributed by atoms with Crippen LogP contribution in [0.2, 0.25) is 5.02 Å². The lowest BCUT2D eigenvalue weighted by Crippen LogP contribution is -2.15. The highest BCUT2D eigenvalue weighted by molar-refractivity contribution is 7.89. The molecule has 0 aliphatic carbocycles. The molecule has 0 saturated heterocycles. The summed E-state index contributed by atoms with van der Waals surface area (Å²) in [6.07, 6.45) is 2.57. The molecule has 0 saturated carbocycles. The van der Waals surface area contributed by atoms with Crippen LogP contribution in [0.25, 0.3) is 0 Å². The van der Waals surface area contributed by atoms with Crippen LogP contribution in [0.1, 0.15) is 26.3 Å². The van der Waals surface area contributed by atoms with Crippen LogP contribution >= 0.6 is 11.6 Å². The molecule has 1 aromatic heterocycles. The first-order valence-corrected chi connectivity index (χ1v) is 7.59. The van der Waals surface area contributed by atoms with Crippen LogP contribution < -0.4 is 0 Å². The lowest BCUT2D eigenvalue weighted by atomic mass is 9.87. The summed E-state index contributed by atoms with van der Waals surface area (Å²) in [7, 11) is -3.66. The topological polar surface area (TPSA) is 52.0 Å². The van der Waals surface area contributed by atoms with Gasteiger partial charge in [-0.25, -0.2) is 0 Å². The predicted molar refractivity (Wildman–Crippen MR) is 75.0 cm³/mol. The highest BCUT2D eigenvalue weighted by atomic mass is 35.5. The van der Waals surface area contributed by atoms with Crippen LogP contribution in [0.15, 0.2) is 41.6 Å². The van der Waals surface area contributed by atoms with Gasteiger partial charge in [0.15, 0.2) is 0 Å². The maximum absolute atomic E-state index is 12.2. The molecular formula is C13H15ClN2O2S. The van der Waals surface area contributed by atoms with Crippen LogP contribution in [-0.2, 0) is 15.4 Å². The summed E-state index contributed by atoms with van der Waals surface area (Å²) >= 11 is 5.69. The van der Waals surface area contributed by atoms with Crippen molar-refractivity contribution in [1.82, 2.24) is 9.19 Å². The van der Waals surface area contributed by atoms with Crippen molar-refractivity contribution < 1.29 is 8.42 Å². The maximum atomic E-state index is 12.2. The molecule has 1 aromatic carbocycles. The number of halogens is 1. The van der Waals surface area contributed by atoms with E-state index in [-0.39, 0.29) is 15.3 Å². The minimum Gasteiger partial charge on any atom is -0.199 e. The minimum atomic E-state index is -3.66. The Morgan fingerprint density at radius 3 is 2.16 bits per heavy atom. The van der Waals surface area contributed by atoms with Gasteiger partial charge in [-0.3, -0.25) is 0 Å². The molecule has 0 amide bonds. The Morgan fingerprint density at radius 2 is 1.74 bits per heavy atom. The molecule has 4 nitrogen and oxygen atoms in total. The average molecular weight is 299 g/mol. The molecule has 0 aliphatic rings. The van der Waals surface area contributed by atoms with Crippen molar-refractivity contribution in [2.75, 3.05) is 0 Å². The molecule has 0 unspecified atom stereocenters. The van der Waals surface area contributed by atoms with E-state index in [1.807, 2.05) is 12.1 Å². The molecule has 0 radical (unpaired) electrons. The van der Waals surface area contributed by atoms with Gasteiger partial charge in [0.1, 0.15) is 0 Å². The Morgan fingerprint density at radius 1 is 1.16 bits per heavy atom. The standard InChI is InChI=1S/C13H15ClN2O2S/c1-13(2,3)10-4-6-12(7-5-10)19(17,18)16-9-11(14)8-15-16/h4-9H,1-3H3. The molecule has 6 heteroatoms. The Hall–Kier alpha value is -1.33. The first kappa shape index (κ1) is 14.1. The fourth-order valence-electron chi connectivity index (χ4n) is 1.65. The SMILES string of the molecule is CC(C)(C)c1ccc(S(=O)(=O)n2cc(Cl)cn2)cc1. The van der Waals surface area contributed by atoms with Gasteiger partial charge in [-0.2, -0.15) is 17.6 Å². The number of nitrogens with zero attached hydrogens (tertiary/aromatic N) is 2. The third kappa shape index (κ3) is 2.82. The van der Waals surface area contributed by atoms with Gasteiger partial charge >= 0.3 is 0 Å². The van der Waals surface area contributed by atoms with E-state index in [9.17, 15) is 8.42 Å². The zero-order valence-electron chi connectivity index (χ0n) is 11.0. The largest absolute Gasteiger partial charge is 0.282 e. The van der Waals surface area contributed by atoms with E-state index in [1.165, 1.54) is 12.4 Å². The number of rotatable bonds is 2. The molecule has 0 N–H and O–H groups in total. The van der Waals surface area contributed by atoms with Crippen molar-refractivity contribution >= 4 is 21.6 Å². The molecule has 1 heterocycles. The third-order valence-electron chi connectivity index (χ3n) is 2.79. The Kier molecular flexibility index (Phi) is 3.45. The Labute approximate surface area is 118 Å². The number of benzene rings is 1. The fourth-order valence-corrected chi connectivity index (χ4v) is 2.96. The van der Waals surface area contributed by atoms with Crippen LogP contribution in [-0.4, -0.2) is 17.6 Å². The number of aromatic nitrogens is 2. The second kappa shape index (κ2) is 4.65. The van der Waals surface area contributed by atoms with Crippen molar-refractivity contribution in [3.05, 3.63) is 47.2 Å². The Balaban J connectivity index is 2.43. The average Bonchev–Trinajstić information content (AvgIpc) is 2.76. The summed E-state index contributed by atoms with van der Waals surface area (Å²) < 4.78 is 25.4. The van der Waals surface area contributed by atoms with Crippen LogP contribution in [0.3, 0.4) is 0 Å². The second-order valence-corrected chi connectivity index (χ2v) is 7.54. The predicted octanol–water partition coefficient (Wildman–Crippen LogP) is 3.07. The van der Waals surface area contributed by atoms with Crippen LogP contribution in [0, 0.1) is 0 Å². The first-order valence-electron chi connectivity index (χ1n) is 5.77. The van der Waals surface area contributed by atoms with Gasteiger partial charge in [-0.1, -0.05) is 44.5 Å². The zero-order valence-corrected chi connectivity index (χ0v) is 12.5. The van der Waals surface area contributed by atoms with E-state index < -0.39 is 10.0 Å². The molecule has 19 heavy (non-hydrogen) atoms. The lowest BCUT2D eigenvalue weighted by molar-refractivity contribution is 0.577. The van der Waals surface area contributed by atoms with Gasteiger partial charge in [0.2, 0.25) is 0 Å². The normalized spacial score (nSPS) is 12.6. The van der Waals surface area contributed by atoms with Gasteiger partial charge in [-0.05, 0) is 23.1 Å². The van der Waals surface area contributed by atoms with E-state index in [0.717, 1.165) is 9.65 Å². The van der Waals surface area contributed by atoms with Gasteiger partial charge in [0, 0.05) is 0 Å². The summed E-state index contributed by atoms with van der Waals surface area (Å²) in [4.78, 5) is 0.195. The molecule has 0 bridgehead atoms. The van der Waals surface area contributed by atoms with E-state index in [0.29, 0.717) is 0 Å². The molecule has 0 atom stereocenters. The van der Waals surface area contributed by atoms with Crippen molar-refractivity contribution in [1.29, 1.82) is 0 Å². The molecule has 0 fully saturated rings. The van der Waals surface area contributed by atoms with Crippen molar-refractivity contribution in [2.45, 2.75) is 31.1 Å². The van der Waals surface area contributed by atoms with Gasteiger partial charge in [0.25, 0.3) is 10.0 Å². The summed E-state index contributed by atoms with van der Waals surface area (Å²) in [6, 6.07) is 6.81. The maximum Gasteiger partial charge on any atom is 0.282 e. The number of hydrogen-bond acceptors (Lipinski definition) is 3. The molecule has 0 spiro atoms. The quantitative estimate of drug-likeness (QED) is 0.856. The van der Waals surface area contributed by atoms with E-state index >= 15 is 0 Å². The van der Waals surface area contributed by atoms with Crippen molar-refractivity contribution in [3.63, 3.8) is 0 Å². The summed E-state index contributed by atoms with van der Waals surface area (Å²) in [5, 5.41) is 4.02. The summed E-state index contributed by atoms with van der Waals surface area (Å²) in [6.45, 7) is 6.22. The molecular weight excluding hydrogens is 284 g/mol. The van der Waals surface area contributed by atoms with Crippen LogP contribution in [0.4, 0.5) is 0 Å². The highest BCUT2D eigenvalue weighted by Crippen LogP contribution is 2.24. The smallest absolute Gasteiger partial charge is 0.199 e. The lowest BCUT2D eigenvalue weighted by Gasteiger charge is -2.19. The second-order valence-electron chi connectivity index (χ2n) is 5.31. The monoisotopic (exact) mass is 298 g/mol. The minimum absolute atomic E-state index is 0.0166.